The lowest BCUT2D eigenvalue weighted by molar-refractivity contribution is -0.122. The molecule has 27 heavy (non-hydrogen) atoms. The molecule has 0 fully saturated rings. The van der Waals surface area contributed by atoms with E-state index >= 15 is 0 Å². The number of furan rings is 1. The minimum absolute atomic E-state index is 0. The number of carbonyl (C=O) groups excluding carboxylic acids is 2. The second kappa shape index (κ2) is 11.8. The van der Waals surface area contributed by atoms with E-state index < -0.39 is 0 Å². The molecule has 0 saturated carbocycles. The monoisotopic (exact) mass is 493 g/mol. The molecule has 0 radical (unpaired) electrons. The van der Waals surface area contributed by atoms with Gasteiger partial charge >= 0.3 is 0 Å². The quantitative estimate of drug-likeness (QED) is 0.233. The zero-order chi connectivity index (χ0) is 19.7. The number of nitrogens with zero attached hydrogens (tertiary/aromatic N) is 2. The van der Waals surface area contributed by atoms with Crippen molar-refractivity contribution >= 4 is 41.8 Å². The Morgan fingerprint density at radius 1 is 1.22 bits per heavy atom. The lowest BCUT2D eigenvalue weighted by atomic mass is 10.1. The Morgan fingerprint density at radius 2 is 1.85 bits per heavy atom. The summed E-state index contributed by atoms with van der Waals surface area (Å²) in [5.41, 5.74) is 0.551. The smallest absolute Gasteiger partial charge is 0.287 e. The van der Waals surface area contributed by atoms with Crippen LogP contribution in [-0.2, 0) is 4.79 Å². The molecule has 0 spiro atoms. The fourth-order valence-corrected chi connectivity index (χ4v) is 2.31. The Bertz CT molecular complexity index is 637. The zero-order valence-electron chi connectivity index (χ0n) is 17.0. The van der Waals surface area contributed by atoms with Crippen molar-refractivity contribution in [3.8, 4) is 0 Å². The molecule has 0 unspecified atom stereocenters. The molecule has 0 aromatic carbocycles. The first-order chi connectivity index (χ1) is 12.1. The van der Waals surface area contributed by atoms with Crippen LogP contribution in [0.25, 0.3) is 0 Å². The van der Waals surface area contributed by atoms with E-state index in [2.05, 4.69) is 20.9 Å². The summed E-state index contributed by atoms with van der Waals surface area (Å²) in [6.45, 7) is 9.00. The van der Waals surface area contributed by atoms with E-state index in [0.717, 1.165) is 5.56 Å². The molecule has 0 atom stereocenters. The number of hydrogen-bond donors (Lipinski definition) is 3. The Hall–Kier alpha value is -1.78. The number of aryl methyl sites for hydroxylation is 1. The number of likely N-dealkylation sites (N-methyl/N-ethyl adjacent to an activating group) is 1. The lowest BCUT2D eigenvalue weighted by Gasteiger charge is -2.25. The van der Waals surface area contributed by atoms with Crippen LogP contribution in [0, 0.1) is 6.92 Å². The standard InChI is InChI=1S/C18H31N5O3.HI/c1-13-8-11-26-15(13)16(25)20-9-7-10-21-17(19-5)23(6)12-14(24)22-18(2,3)4;/h8,11H,7,9-10,12H2,1-6H3,(H,19,21)(H,20,25)(H,22,24);1H. The molecule has 0 saturated heterocycles. The van der Waals surface area contributed by atoms with Gasteiger partial charge in [-0.1, -0.05) is 0 Å². The molecule has 1 rings (SSSR count). The number of amides is 2. The van der Waals surface area contributed by atoms with Crippen LogP contribution in [0.5, 0.6) is 0 Å². The van der Waals surface area contributed by atoms with Crippen molar-refractivity contribution in [1.29, 1.82) is 0 Å². The number of nitrogens with one attached hydrogen (secondary N) is 3. The first-order valence-corrected chi connectivity index (χ1v) is 8.69. The zero-order valence-corrected chi connectivity index (χ0v) is 19.3. The van der Waals surface area contributed by atoms with E-state index in [1.165, 1.54) is 6.26 Å². The van der Waals surface area contributed by atoms with Crippen molar-refractivity contribution in [2.24, 2.45) is 4.99 Å². The molecule has 1 heterocycles. The van der Waals surface area contributed by atoms with Gasteiger partial charge in [0.25, 0.3) is 5.91 Å². The third kappa shape index (κ3) is 9.64. The van der Waals surface area contributed by atoms with Crippen molar-refractivity contribution in [3.05, 3.63) is 23.7 Å². The fraction of sp³-hybridized carbons (Fsp3) is 0.611. The third-order valence-corrected chi connectivity index (χ3v) is 3.46. The van der Waals surface area contributed by atoms with Crippen LogP contribution in [0.1, 0.15) is 43.3 Å². The molecule has 1 aromatic heterocycles. The number of halogens is 1. The van der Waals surface area contributed by atoms with Crippen molar-refractivity contribution in [1.82, 2.24) is 20.9 Å². The van der Waals surface area contributed by atoms with E-state index in [4.69, 9.17) is 4.42 Å². The van der Waals surface area contributed by atoms with Gasteiger partial charge in [-0.25, -0.2) is 0 Å². The molecule has 0 bridgehead atoms. The van der Waals surface area contributed by atoms with Crippen LogP contribution < -0.4 is 16.0 Å². The minimum Gasteiger partial charge on any atom is -0.459 e. The summed E-state index contributed by atoms with van der Waals surface area (Å²) in [7, 11) is 3.47. The summed E-state index contributed by atoms with van der Waals surface area (Å²) in [6.07, 6.45) is 2.22. The average molecular weight is 493 g/mol. The Morgan fingerprint density at radius 3 is 2.37 bits per heavy atom. The Labute approximate surface area is 178 Å². The van der Waals surface area contributed by atoms with Crippen LogP contribution in [0.2, 0.25) is 0 Å². The van der Waals surface area contributed by atoms with Crippen LogP contribution in [0.15, 0.2) is 21.7 Å². The van der Waals surface area contributed by atoms with E-state index in [0.29, 0.717) is 31.2 Å². The second-order valence-corrected chi connectivity index (χ2v) is 7.17. The van der Waals surface area contributed by atoms with E-state index in [1.807, 2.05) is 27.7 Å². The highest BCUT2D eigenvalue weighted by molar-refractivity contribution is 14.0. The molecule has 8 nitrogen and oxygen atoms in total. The summed E-state index contributed by atoms with van der Waals surface area (Å²) in [5, 5.41) is 8.91. The summed E-state index contributed by atoms with van der Waals surface area (Å²) < 4.78 is 5.15. The number of guanidine groups is 1. The highest BCUT2D eigenvalue weighted by atomic mass is 127. The molecule has 3 N–H and O–H groups in total. The van der Waals surface area contributed by atoms with Gasteiger partial charge in [-0.05, 0) is 40.2 Å². The SMILES string of the molecule is CN=C(NCCCNC(=O)c1occc1C)N(C)CC(=O)NC(C)(C)C.I. The van der Waals surface area contributed by atoms with Gasteiger partial charge in [-0.2, -0.15) is 0 Å². The molecule has 154 valence electrons. The van der Waals surface area contributed by atoms with Gasteiger partial charge < -0.3 is 25.3 Å². The lowest BCUT2D eigenvalue weighted by Crippen LogP contribution is -2.49. The molecule has 1 aromatic rings. The molecule has 2 amide bonds. The van der Waals surface area contributed by atoms with E-state index in [1.54, 1.807) is 25.1 Å². The van der Waals surface area contributed by atoms with Gasteiger partial charge in [0, 0.05) is 38.3 Å². The van der Waals surface area contributed by atoms with Crippen molar-refractivity contribution < 1.29 is 14.0 Å². The summed E-state index contributed by atoms with van der Waals surface area (Å²) in [5.74, 6) is 0.692. The first-order valence-electron chi connectivity index (χ1n) is 8.69. The van der Waals surface area contributed by atoms with Gasteiger partial charge in [0.15, 0.2) is 11.7 Å². The van der Waals surface area contributed by atoms with Gasteiger partial charge in [-0.3, -0.25) is 14.6 Å². The molecule has 0 aliphatic heterocycles. The molecule has 9 heteroatoms. The predicted molar refractivity (Wildman–Crippen MR) is 118 cm³/mol. The number of carbonyl (C=O) groups is 2. The van der Waals surface area contributed by atoms with Gasteiger partial charge in [-0.15, -0.1) is 24.0 Å². The third-order valence-electron chi connectivity index (χ3n) is 3.46. The van der Waals surface area contributed by atoms with Gasteiger partial charge in [0.05, 0.1) is 12.8 Å². The molecular weight excluding hydrogens is 461 g/mol. The molecule has 0 aliphatic rings. The maximum Gasteiger partial charge on any atom is 0.287 e. The van der Waals surface area contributed by atoms with Gasteiger partial charge in [0.1, 0.15) is 0 Å². The maximum absolute atomic E-state index is 12.0. The molecule has 0 aliphatic carbocycles. The van der Waals surface area contributed by atoms with Crippen molar-refractivity contribution in [3.63, 3.8) is 0 Å². The van der Waals surface area contributed by atoms with Crippen LogP contribution in [0.4, 0.5) is 0 Å². The molecular formula is C18H32IN5O3. The van der Waals surface area contributed by atoms with Crippen molar-refractivity contribution in [2.75, 3.05) is 33.7 Å². The van der Waals surface area contributed by atoms with Crippen molar-refractivity contribution in [2.45, 2.75) is 39.7 Å². The van der Waals surface area contributed by atoms with E-state index in [9.17, 15) is 9.59 Å². The number of aliphatic imine (C=N–C) groups is 1. The maximum atomic E-state index is 12.0. The minimum atomic E-state index is -0.264. The van der Waals surface area contributed by atoms with E-state index in [-0.39, 0.29) is 47.9 Å². The predicted octanol–water partition coefficient (Wildman–Crippen LogP) is 1.75. The first kappa shape index (κ1) is 25.2. The highest BCUT2D eigenvalue weighted by Gasteiger charge is 2.16. The number of rotatable bonds is 7. The summed E-state index contributed by atoms with van der Waals surface area (Å²) >= 11 is 0. The average Bonchev–Trinajstić information content (AvgIpc) is 2.94. The summed E-state index contributed by atoms with van der Waals surface area (Å²) in [4.78, 5) is 29.8. The Balaban J connectivity index is 0.00000676. The van der Waals surface area contributed by atoms with Crippen LogP contribution >= 0.6 is 24.0 Å². The summed E-state index contributed by atoms with van der Waals surface area (Å²) in [6, 6.07) is 1.76. The highest BCUT2D eigenvalue weighted by Crippen LogP contribution is 2.07. The van der Waals surface area contributed by atoms with Crippen LogP contribution in [-0.4, -0.2) is 61.9 Å². The van der Waals surface area contributed by atoms with Gasteiger partial charge in [0.2, 0.25) is 5.91 Å². The van der Waals surface area contributed by atoms with Crippen LogP contribution in [0.3, 0.4) is 0 Å². The Kier molecular flexibility index (Phi) is 11.1. The fourth-order valence-electron chi connectivity index (χ4n) is 2.31. The number of hydrogen-bond acceptors (Lipinski definition) is 4. The normalized spacial score (nSPS) is 11.4. The largest absolute Gasteiger partial charge is 0.459 e. The topological polar surface area (TPSA) is 99.0 Å². The second-order valence-electron chi connectivity index (χ2n) is 7.17.